The van der Waals surface area contributed by atoms with Gasteiger partial charge >= 0.3 is 0 Å². The first-order valence-corrected chi connectivity index (χ1v) is 13.2. The molecule has 0 saturated heterocycles. The first-order chi connectivity index (χ1) is 18.1. The normalized spacial score (nSPS) is 18.8. The number of carbonyl (C=O) groups is 1. The third-order valence-electron chi connectivity index (χ3n) is 7.25. The quantitative estimate of drug-likeness (QED) is 0.457. The van der Waals surface area contributed by atoms with E-state index in [1.54, 1.807) is 4.57 Å². The summed E-state index contributed by atoms with van der Waals surface area (Å²) in [6, 6.07) is 23.5. The number of carbonyl (C=O) groups excluding carboxylic acids is 1. The summed E-state index contributed by atoms with van der Waals surface area (Å²) in [5, 5.41) is 2.91. The molecule has 1 aliphatic carbocycles. The third-order valence-corrected chi connectivity index (χ3v) is 8.31. The van der Waals surface area contributed by atoms with Crippen molar-refractivity contribution in [2.24, 2.45) is 4.99 Å². The Balaban J connectivity index is 1.52. The summed E-state index contributed by atoms with van der Waals surface area (Å²) in [7, 11) is 0. The van der Waals surface area contributed by atoms with Gasteiger partial charge in [-0.2, -0.15) is 0 Å². The fraction of sp³-hybridized carbons (Fsp3) is 0.167. The molecule has 1 aromatic heterocycles. The molecule has 0 fully saturated rings. The zero-order valence-electron chi connectivity index (χ0n) is 20.2. The van der Waals surface area contributed by atoms with Crippen LogP contribution < -0.4 is 24.9 Å². The molecule has 2 aliphatic heterocycles. The van der Waals surface area contributed by atoms with Crippen LogP contribution in [0.25, 0.3) is 11.3 Å². The number of para-hydroxylation sites is 1. The molecule has 1 N–H and O–H groups in total. The number of fused-ring (bicyclic) bond motifs is 4. The molecule has 3 aromatic carbocycles. The van der Waals surface area contributed by atoms with Gasteiger partial charge in [0.05, 0.1) is 23.9 Å². The molecule has 3 aliphatic rings. The molecular weight excluding hydrogens is 482 g/mol. The van der Waals surface area contributed by atoms with Crippen molar-refractivity contribution in [3.05, 3.63) is 120 Å². The van der Waals surface area contributed by atoms with E-state index in [-0.39, 0.29) is 17.5 Å². The van der Waals surface area contributed by atoms with Gasteiger partial charge in [-0.3, -0.25) is 14.2 Å². The number of benzene rings is 3. The fourth-order valence-corrected chi connectivity index (χ4v) is 6.72. The molecule has 0 spiro atoms. The lowest BCUT2D eigenvalue weighted by atomic mass is 9.83. The topological polar surface area (TPSA) is 72.7 Å². The second-order valence-electron chi connectivity index (χ2n) is 9.31. The Labute approximate surface area is 216 Å². The van der Waals surface area contributed by atoms with Gasteiger partial charge < -0.3 is 10.1 Å². The lowest BCUT2D eigenvalue weighted by Crippen LogP contribution is -2.39. The first kappa shape index (κ1) is 22.0. The van der Waals surface area contributed by atoms with Gasteiger partial charge in [-0.05, 0) is 54.7 Å². The predicted octanol–water partition coefficient (Wildman–Crippen LogP) is 4.04. The lowest BCUT2D eigenvalue weighted by Gasteiger charge is -2.30. The fourth-order valence-electron chi connectivity index (χ4n) is 5.63. The van der Waals surface area contributed by atoms with E-state index in [4.69, 9.17) is 9.73 Å². The number of thiazole rings is 1. The molecule has 37 heavy (non-hydrogen) atoms. The molecule has 0 bridgehead atoms. The number of nitrogens with zero attached hydrogens (tertiary/aromatic N) is 2. The summed E-state index contributed by atoms with van der Waals surface area (Å²) in [4.78, 5) is 32.8. The summed E-state index contributed by atoms with van der Waals surface area (Å²) in [5.74, 6) is 0.543. The van der Waals surface area contributed by atoms with Crippen LogP contribution in [0.4, 0.5) is 5.69 Å². The van der Waals surface area contributed by atoms with E-state index in [9.17, 15) is 9.59 Å². The van der Waals surface area contributed by atoms with Crippen LogP contribution in [0.2, 0.25) is 0 Å². The minimum Gasteiger partial charge on any atom is -0.494 e. The second kappa shape index (κ2) is 8.42. The van der Waals surface area contributed by atoms with Gasteiger partial charge in [0.2, 0.25) is 0 Å². The number of hydrogen-bond acceptors (Lipinski definition) is 5. The number of amides is 1. The van der Waals surface area contributed by atoms with Crippen molar-refractivity contribution in [2.45, 2.75) is 25.8 Å². The van der Waals surface area contributed by atoms with Crippen molar-refractivity contribution in [2.75, 3.05) is 11.9 Å². The number of hydrogen-bond donors (Lipinski definition) is 1. The number of ether oxygens (including phenoxy) is 1. The molecule has 182 valence electrons. The van der Waals surface area contributed by atoms with Crippen LogP contribution in [0.5, 0.6) is 5.75 Å². The highest BCUT2D eigenvalue weighted by Gasteiger charge is 2.34. The van der Waals surface area contributed by atoms with Gasteiger partial charge in [0.25, 0.3) is 11.5 Å². The number of nitrogens with one attached hydrogen (secondary N) is 1. The SMILES string of the molecule is CCOc1ccc([C@@H]2C3=C(N=c4sc(=C5C(=O)Nc6ccccc65)c(=O)n42)c2ccccc2CC3)cc1. The lowest BCUT2D eigenvalue weighted by molar-refractivity contribution is -0.110. The zero-order chi connectivity index (χ0) is 25.1. The summed E-state index contributed by atoms with van der Waals surface area (Å²) >= 11 is 1.29. The van der Waals surface area contributed by atoms with E-state index < -0.39 is 0 Å². The van der Waals surface area contributed by atoms with Crippen molar-refractivity contribution < 1.29 is 9.53 Å². The van der Waals surface area contributed by atoms with Crippen molar-refractivity contribution in [3.63, 3.8) is 0 Å². The average Bonchev–Trinajstić information content (AvgIpc) is 3.43. The third kappa shape index (κ3) is 3.34. The largest absolute Gasteiger partial charge is 0.494 e. The number of aromatic nitrogens is 1. The van der Waals surface area contributed by atoms with E-state index in [2.05, 4.69) is 23.5 Å². The minimum atomic E-state index is -0.302. The Bertz CT molecular complexity index is 1810. The molecule has 3 heterocycles. The first-order valence-electron chi connectivity index (χ1n) is 12.4. The van der Waals surface area contributed by atoms with E-state index in [1.807, 2.05) is 61.5 Å². The molecule has 4 aromatic rings. The highest BCUT2D eigenvalue weighted by atomic mass is 32.1. The molecule has 1 amide bonds. The Morgan fingerprint density at radius 1 is 0.973 bits per heavy atom. The Kier molecular flexibility index (Phi) is 5.01. The van der Waals surface area contributed by atoms with Crippen molar-refractivity contribution in [1.82, 2.24) is 4.57 Å². The summed E-state index contributed by atoms with van der Waals surface area (Å²) < 4.78 is 7.87. The molecule has 7 heteroatoms. The van der Waals surface area contributed by atoms with Gasteiger partial charge in [0, 0.05) is 16.8 Å². The number of rotatable bonds is 3. The van der Waals surface area contributed by atoms with Crippen LogP contribution in [0, 0.1) is 0 Å². The van der Waals surface area contributed by atoms with Crippen LogP contribution >= 0.6 is 11.3 Å². The van der Waals surface area contributed by atoms with Gasteiger partial charge in [-0.25, -0.2) is 4.99 Å². The Morgan fingerprint density at radius 3 is 2.54 bits per heavy atom. The molecule has 0 unspecified atom stereocenters. The monoisotopic (exact) mass is 505 g/mol. The molecule has 7 rings (SSSR count). The van der Waals surface area contributed by atoms with Crippen LogP contribution in [0.15, 0.2) is 88.2 Å². The molecule has 0 radical (unpaired) electrons. The highest BCUT2D eigenvalue weighted by Crippen LogP contribution is 2.41. The average molecular weight is 506 g/mol. The molecular formula is C30H23N3O3S. The van der Waals surface area contributed by atoms with E-state index in [1.165, 1.54) is 16.9 Å². The summed E-state index contributed by atoms with van der Waals surface area (Å²) in [5.41, 5.74) is 7.17. The number of anilines is 1. The van der Waals surface area contributed by atoms with E-state index in [0.29, 0.717) is 21.5 Å². The second-order valence-corrected chi connectivity index (χ2v) is 10.3. The van der Waals surface area contributed by atoms with Crippen molar-refractivity contribution in [3.8, 4) is 5.75 Å². The van der Waals surface area contributed by atoms with Crippen LogP contribution in [-0.2, 0) is 11.2 Å². The standard InChI is InChI=1S/C30H23N3O3S/c1-2-36-19-14-11-18(12-15-19)26-22-16-13-17-7-3-4-8-20(17)25(22)32-30-33(26)29(35)27(37-30)24-21-9-5-6-10-23(21)31-28(24)34/h3-12,14-15,26H,2,13,16H2,1H3,(H,31,34)/t26-/m1/s1. The van der Waals surface area contributed by atoms with Crippen LogP contribution in [0.3, 0.4) is 0 Å². The van der Waals surface area contributed by atoms with Gasteiger partial charge in [0.15, 0.2) is 4.80 Å². The van der Waals surface area contributed by atoms with E-state index >= 15 is 0 Å². The van der Waals surface area contributed by atoms with Crippen LogP contribution in [0.1, 0.15) is 41.6 Å². The van der Waals surface area contributed by atoms with E-state index in [0.717, 1.165) is 52.2 Å². The number of aryl methyl sites for hydroxylation is 1. The molecule has 6 nitrogen and oxygen atoms in total. The zero-order valence-corrected chi connectivity index (χ0v) is 21.0. The Hall–Kier alpha value is -4.23. The maximum Gasteiger partial charge on any atom is 0.271 e. The maximum atomic E-state index is 14.1. The predicted molar refractivity (Wildman–Crippen MR) is 144 cm³/mol. The maximum absolute atomic E-state index is 14.1. The van der Waals surface area contributed by atoms with Gasteiger partial charge in [-0.15, -0.1) is 0 Å². The van der Waals surface area contributed by atoms with Gasteiger partial charge in [0.1, 0.15) is 10.3 Å². The highest BCUT2D eigenvalue weighted by molar-refractivity contribution is 7.07. The number of allylic oxidation sites excluding steroid dienone is 1. The van der Waals surface area contributed by atoms with Crippen molar-refractivity contribution >= 4 is 34.2 Å². The van der Waals surface area contributed by atoms with Crippen molar-refractivity contribution in [1.29, 1.82) is 0 Å². The molecule has 0 saturated carbocycles. The summed E-state index contributed by atoms with van der Waals surface area (Å²) in [6.45, 7) is 2.55. The van der Waals surface area contributed by atoms with Crippen LogP contribution in [-0.4, -0.2) is 17.1 Å². The summed E-state index contributed by atoms with van der Waals surface area (Å²) in [6.07, 6.45) is 1.71. The molecule has 1 atom stereocenters. The minimum absolute atomic E-state index is 0.185. The smallest absolute Gasteiger partial charge is 0.271 e. The Morgan fingerprint density at radius 2 is 1.73 bits per heavy atom. The van der Waals surface area contributed by atoms with Gasteiger partial charge in [-0.1, -0.05) is 65.9 Å².